The van der Waals surface area contributed by atoms with Crippen LogP contribution >= 0.6 is 0 Å². The van der Waals surface area contributed by atoms with Gasteiger partial charge in [0.15, 0.2) is 0 Å². The molecule has 4 heteroatoms. The third-order valence-corrected chi connectivity index (χ3v) is 9.52. The monoisotopic (exact) mass is 751 g/mol. The Balaban J connectivity index is 0.000000215. The first-order valence-electron chi connectivity index (χ1n) is 16.1. The van der Waals surface area contributed by atoms with Crippen molar-refractivity contribution in [3.63, 3.8) is 0 Å². The van der Waals surface area contributed by atoms with Crippen LogP contribution in [0.1, 0.15) is 28.7 Å². The molecule has 0 heterocycles. The molecular formula is C45H37Cl2NZr-2. The van der Waals surface area contributed by atoms with E-state index in [4.69, 9.17) is 0 Å². The fraction of sp³-hybridized carbons (Fsp3) is 0.0667. The van der Waals surface area contributed by atoms with Gasteiger partial charge in [-0.1, -0.05) is 96.4 Å². The van der Waals surface area contributed by atoms with Gasteiger partial charge in [0, 0.05) is 18.8 Å². The summed E-state index contributed by atoms with van der Waals surface area (Å²) in [5.41, 5.74) is 6.61. The van der Waals surface area contributed by atoms with Crippen LogP contribution in [0.15, 0.2) is 188 Å². The van der Waals surface area contributed by atoms with Crippen molar-refractivity contribution in [2.45, 2.75) is 19.5 Å². The van der Waals surface area contributed by atoms with Gasteiger partial charge in [-0.05, 0) is 11.1 Å². The number of hydrogen-bond donors (Lipinski definition) is 0. The summed E-state index contributed by atoms with van der Waals surface area (Å²) in [6.07, 6.45) is 10.0. The average Bonchev–Trinajstić information content (AvgIpc) is 3.86. The van der Waals surface area contributed by atoms with Crippen LogP contribution in [0.3, 0.4) is 0 Å². The molecule has 1 aliphatic rings. The fourth-order valence-electron chi connectivity index (χ4n) is 5.80. The fourth-order valence-corrected chi connectivity index (χ4v) is 6.62. The molecule has 0 aromatic heterocycles. The summed E-state index contributed by atoms with van der Waals surface area (Å²) in [7, 11) is 0. The summed E-state index contributed by atoms with van der Waals surface area (Å²) in [5, 5.41) is 5.30. The van der Waals surface area contributed by atoms with Crippen LogP contribution in [0.2, 0.25) is 0 Å². The first kappa shape index (κ1) is 37.6. The first-order valence-corrected chi connectivity index (χ1v) is 17.3. The Morgan fingerprint density at radius 2 is 1.06 bits per heavy atom. The van der Waals surface area contributed by atoms with Crippen LogP contribution in [0.5, 0.6) is 0 Å². The standard InChI is InChI=1S/C27H22N.C13H10.C5H5.2ClH.Zr/c1-3-10-21(11-4-1)19-28(20-22-12-5-2-6-13-22)26-17-9-15-24-18-23-14-7-8-16-25(23)27(24)26;1-3-7-12(8-4-1)11-13-9-5-2-6-10-13;1-2-4-5-3-1;;;/h1-18H,19-20H2;1-10H;1-3H,4H2;2*1H;/q-1;;-1;;;+2/p-2. The van der Waals surface area contributed by atoms with Gasteiger partial charge in [0.25, 0.3) is 0 Å². The zero-order valence-electron chi connectivity index (χ0n) is 27.2. The van der Waals surface area contributed by atoms with Crippen molar-refractivity contribution in [2.75, 3.05) is 4.90 Å². The maximum absolute atomic E-state index is 2.99. The summed E-state index contributed by atoms with van der Waals surface area (Å²) >= 11 is 1.46. The maximum Gasteiger partial charge on any atom is 0.0427 e. The molecule has 0 fully saturated rings. The van der Waals surface area contributed by atoms with E-state index in [-0.39, 0.29) is 24.8 Å². The third-order valence-electron chi connectivity index (χ3n) is 8.10. The minimum Gasteiger partial charge on any atom is -0.369 e. The second-order valence-corrected chi connectivity index (χ2v) is 12.6. The molecule has 49 heavy (non-hydrogen) atoms. The molecule has 8 rings (SSSR count). The van der Waals surface area contributed by atoms with Gasteiger partial charge in [0.2, 0.25) is 0 Å². The first-order chi connectivity index (χ1) is 23.3. The second kappa shape index (κ2) is 19.7. The number of nitrogens with zero attached hydrogens (tertiary/aromatic N) is 1. The maximum atomic E-state index is 2.99. The molecular weight excluding hydrogens is 717 g/mol. The van der Waals surface area contributed by atoms with Crippen molar-refractivity contribution in [3.05, 3.63) is 216 Å². The molecule has 0 N–H and O–H groups in total. The van der Waals surface area contributed by atoms with Crippen molar-refractivity contribution in [1.29, 1.82) is 0 Å². The quantitative estimate of drug-likeness (QED) is 0.207. The summed E-state index contributed by atoms with van der Waals surface area (Å²) in [5.74, 6) is 0. The number of fused-ring (bicyclic) bond motifs is 3. The molecule has 0 saturated heterocycles. The smallest absolute Gasteiger partial charge is 0.0427 e. The van der Waals surface area contributed by atoms with Crippen LogP contribution in [0.4, 0.5) is 5.69 Å². The van der Waals surface area contributed by atoms with E-state index in [1.54, 1.807) is 0 Å². The molecule has 0 saturated carbocycles. The normalized spacial score (nSPS) is 11.0. The van der Waals surface area contributed by atoms with Crippen LogP contribution in [0, 0.1) is 6.08 Å². The van der Waals surface area contributed by atoms with Crippen LogP contribution in [-0.2, 0) is 37.3 Å². The predicted molar refractivity (Wildman–Crippen MR) is 197 cm³/mol. The number of benzene rings is 6. The molecule has 0 bridgehead atoms. The molecule has 0 unspecified atom stereocenters. The summed E-state index contributed by atoms with van der Waals surface area (Å²) in [6, 6.07) is 60.3. The van der Waals surface area contributed by atoms with Crippen LogP contribution in [0.25, 0.3) is 21.5 Å². The Morgan fingerprint density at radius 3 is 1.55 bits per heavy atom. The number of rotatable bonds is 7. The molecule has 0 radical (unpaired) electrons. The van der Waals surface area contributed by atoms with E-state index in [0.717, 1.165) is 19.5 Å². The summed E-state index contributed by atoms with van der Waals surface area (Å²) in [6.45, 7) is 1.77. The Kier molecular flexibility index (Phi) is 15.1. The Bertz CT molecular complexity index is 1980. The molecule has 0 amide bonds. The topological polar surface area (TPSA) is 3.24 Å². The largest absolute Gasteiger partial charge is 0.369 e. The van der Waals surface area contributed by atoms with Gasteiger partial charge in [0.05, 0.1) is 0 Å². The van der Waals surface area contributed by atoms with Crippen molar-refractivity contribution in [1.82, 2.24) is 0 Å². The molecule has 242 valence electrons. The van der Waals surface area contributed by atoms with Gasteiger partial charge in [-0.15, -0.1) is 40.8 Å². The minimum atomic E-state index is 0. The van der Waals surface area contributed by atoms with E-state index < -0.39 is 0 Å². The van der Waals surface area contributed by atoms with Gasteiger partial charge >= 0.3 is 99.2 Å². The van der Waals surface area contributed by atoms with E-state index in [1.807, 2.05) is 12.2 Å². The van der Waals surface area contributed by atoms with E-state index >= 15 is 0 Å². The van der Waals surface area contributed by atoms with Crippen LogP contribution < -0.4 is 29.7 Å². The van der Waals surface area contributed by atoms with Gasteiger partial charge in [-0.25, -0.2) is 12.2 Å². The molecule has 1 aliphatic carbocycles. The van der Waals surface area contributed by atoms with Crippen LogP contribution in [-0.4, -0.2) is 3.21 Å². The SMILES string of the molecule is [C-]1=CC=CC1.[Cl-].[Cl-].[Zr+2]=[C](c1ccccc1)c1ccccc1.c1ccc(CN(Cc2ccccc2)c2cccc3[cH-]c4ccccc4c23)cc1. The van der Waals surface area contributed by atoms with Crippen molar-refractivity contribution < 1.29 is 49.0 Å². The molecule has 7 aromatic rings. The Morgan fingerprint density at radius 1 is 0.571 bits per heavy atom. The zero-order chi connectivity index (χ0) is 32.1. The van der Waals surface area contributed by atoms with Gasteiger partial charge < -0.3 is 29.7 Å². The van der Waals surface area contributed by atoms with E-state index in [0.29, 0.717) is 0 Å². The average molecular weight is 754 g/mol. The number of anilines is 1. The van der Waals surface area contributed by atoms with E-state index in [2.05, 4.69) is 187 Å². The Hall–Kier alpha value is -4.20. The third kappa shape index (κ3) is 10.4. The van der Waals surface area contributed by atoms with Gasteiger partial charge in [0.1, 0.15) is 0 Å². The summed E-state index contributed by atoms with van der Waals surface area (Å²) in [4.78, 5) is 2.50. The minimum absolute atomic E-state index is 0. The van der Waals surface area contributed by atoms with Crippen molar-refractivity contribution in [2.24, 2.45) is 0 Å². The van der Waals surface area contributed by atoms with Gasteiger partial charge in [-0.3, -0.25) is 6.08 Å². The molecule has 0 aliphatic heterocycles. The Labute approximate surface area is 318 Å². The molecule has 0 spiro atoms. The molecule has 1 nitrogen and oxygen atoms in total. The van der Waals surface area contributed by atoms with Crippen molar-refractivity contribution in [3.8, 4) is 0 Å². The number of allylic oxidation sites excluding steroid dienone is 4. The van der Waals surface area contributed by atoms with E-state index in [1.165, 1.54) is 76.9 Å². The van der Waals surface area contributed by atoms with E-state index in [9.17, 15) is 0 Å². The van der Waals surface area contributed by atoms with Crippen molar-refractivity contribution >= 4 is 30.4 Å². The molecule has 0 atom stereocenters. The number of hydrogen-bond acceptors (Lipinski definition) is 1. The second-order valence-electron chi connectivity index (χ2n) is 11.4. The predicted octanol–water partition coefficient (Wildman–Crippen LogP) is 5.03. The summed E-state index contributed by atoms with van der Waals surface area (Å²) < 4.78 is 1.42. The van der Waals surface area contributed by atoms with Gasteiger partial charge in [-0.2, -0.15) is 6.08 Å². The zero-order valence-corrected chi connectivity index (χ0v) is 31.2. The number of halogens is 2. The molecule has 7 aromatic carbocycles.